The van der Waals surface area contributed by atoms with Crippen LogP contribution in [0.25, 0.3) is 0 Å². The Morgan fingerprint density at radius 1 is 1.26 bits per heavy atom. The maximum absolute atomic E-state index is 4.33. The summed E-state index contributed by atoms with van der Waals surface area (Å²) >= 11 is 0. The fourth-order valence-electron chi connectivity index (χ4n) is 3.06. The van der Waals surface area contributed by atoms with Gasteiger partial charge in [0.1, 0.15) is 0 Å². The van der Waals surface area contributed by atoms with Crippen LogP contribution in [0.2, 0.25) is 0 Å². The van der Waals surface area contributed by atoms with E-state index < -0.39 is 0 Å². The van der Waals surface area contributed by atoms with Crippen molar-refractivity contribution in [3.05, 3.63) is 52.8 Å². The summed E-state index contributed by atoms with van der Waals surface area (Å²) in [7, 11) is 2.00. The highest BCUT2D eigenvalue weighted by molar-refractivity contribution is 5.33. The van der Waals surface area contributed by atoms with Crippen molar-refractivity contribution in [2.24, 2.45) is 7.05 Å². The van der Waals surface area contributed by atoms with Crippen molar-refractivity contribution < 1.29 is 0 Å². The Morgan fingerprint density at radius 2 is 1.89 bits per heavy atom. The Hall–Kier alpha value is -1.61. The molecule has 0 radical (unpaired) electrons. The lowest BCUT2D eigenvalue weighted by atomic mass is 10.1. The van der Waals surface area contributed by atoms with Gasteiger partial charge in [0.25, 0.3) is 0 Å². The minimum Gasteiger partial charge on any atom is -0.307 e. The van der Waals surface area contributed by atoms with E-state index in [0.717, 1.165) is 12.8 Å². The molecular formula is C16H21N3. The van der Waals surface area contributed by atoms with Crippen LogP contribution in [0.15, 0.2) is 30.5 Å². The number of aromatic nitrogens is 2. The predicted octanol–water partition coefficient (Wildman–Crippen LogP) is 2.55. The second-order valence-electron chi connectivity index (χ2n) is 5.57. The Kier molecular flexibility index (Phi) is 3.15. The number of nitrogens with one attached hydrogen (secondary N) is 1. The van der Waals surface area contributed by atoms with E-state index in [2.05, 4.69) is 48.5 Å². The van der Waals surface area contributed by atoms with Gasteiger partial charge in [0.05, 0.1) is 6.20 Å². The van der Waals surface area contributed by atoms with Gasteiger partial charge in [-0.3, -0.25) is 4.68 Å². The molecule has 0 fully saturated rings. The standard InChI is InChI=1S/C16H21N3/c1-11(16-10-17-19(3)12(16)2)18-15-8-13-6-4-5-7-14(13)9-15/h4-7,10-11,15,18H,8-9H2,1-3H3. The molecule has 3 rings (SSSR count). The number of benzene rings is 1. The summed E-state index contributed by atoms with van der Waals surface area (Å²) < 4.78 is 1.94. The third-order valence-corrected chi connectivity index (χ3v) is 4.28. The average molecular weight is 255 g/mol. The maximum Gasteiger partial charge on any atom is 0.0540 e. The summed E-state index contributed by atoms with van der Waals surface area (Å²) in [5.41, 5.74) is 5.54. The molecule has 1 aromatic heterocycles. The number of hydrogen-bond donors (Lipinski definition) is 1. The Labute approximate surface area is 114 Å². The summed E-state index contributed by atoms with van der Waals surface area (Å²) in [5.74, 6) is 0. The zero-order valence-corrected chi connectivity index (χ0v) is 11.9. The van der Waals surface area contributed by atoms with Gasteiger partial charge in [-0.15, -0.1) is 0 Å². The van der Waals surface area contributed by atoms with Gasteiger partial charge < -0.3 is 5.32 Å². The highest BCUT2D eigenvalue weighted by atomic mass is 15.3. The molecule has 1 aromatic carbocycles. The van der Waals surface area contributed by atoms with Gasteiger partial charge >= 0.3 is 0 Å². The second kappa shape index (κ2) is 4.82. The van der Waals surface area contributed by atoms with Crippen LogP contribution in [-0.2, 0) is 19.9 Å². The fourth-order valence-corrected chi connectivity index (χ4v) is 3.06. The van der Waals surface area contributed by atoms with Gasteiger partial charge in [0.2, 0.25) is 0 Å². The quantitative estimate of drug-likeness (QED) is 0.913. The average Bonchev–Trinajstić information content (AvgIpc) is 2.93. The maximum atomic E-state index is 4.33. The number of fused-ring (bicyclic) bond motifs is 1. The van der Waals surface area contributed by atoms with Crippen molar-refractivity contribution in [3.8, 4) is 0 Å². The lowest BCUT2D eigenvalue weighted by molar-refractivity contribution is 0.466. The molecule has 1 N–H and O–H groups in total. The molecule has 1 aliphatic rings. The molecular weight excluding hydrogens is 234 g/mol. The van der Waals surface area contributed by atoms with E-state index in [4.69, 9.17) is 0 Å². The molecule has 0 aliphatic heterocycles. The first-order valence-electron chi connectivity index (χ1n) is 6.96. The molecule has 0 saturated heterocycles. The van der Waals surface area contributed by atoms with Crippen molar-refractivity contribution in [1.82, 2.24) is 15.1 Å². The van der Waals surface area contributed by atoms with Crippen LogP contribution in [0.1, 0.15) is 35.3 Å². The van der Waals surface area contributed by atoms with Gasteiger partial charge in [-0.05, 0) is 37.8 Å². The summed E-state index contributed by atoms with van der Waals surface area (Å²) in [5, 5.41) is 8.07. The van der Waals surface area contributed by atoms with E-state index in [1.165, 1.54) is 22.4 Å². The zero-order valence-electron chi connectivity index (χ0n) is 11.9. The number of hydrogen-bond acceptors (Lipinski definition) is 2. The molecule has 1 aliphatic carbocycles. The minimum absolute atomic E-state index is 0.355. The Balaban J connectivity index is 1.69. The molecule has 3 heteroatoms. The molecule has 0 spiro atoms. The van der Waals surface area contributed by atoms with E-state index in [1.54, 1.807) is 0 Å². The number of rotatable bonds is 3. The van der Waals surface area contributed by atoms with Gasteiger partial charge in [-0.1, -0.05) is 24.3 Å². The molecule has 19 heavy (non-hydrogen) atoms. The first-order valence-corrected chi connectivity index (χ1v) is 6.96. The highest BCUT2D eigenvalue weighted by Gasteiger charge is 2.23. The first-order chi connectivity index (χ1) is 9.15. The SMILES string of the molecule is Cc1c(C(C)NC2Cc3ccccc3C2)cnn1C. The molecule has 1 atom stereocenters. The molecule has 0 bridgehead atoms. The third-order valence-electron chi connectivity index (χ3n) is 4.28. The van der Waals surface area contributed by atoms with Crippen molar-refractivity contribution in [1.29, 1.82) is 0 Å². The van der Waals surface area contributed by atoms with Crippen LogP contribution in [-0.4, -0.2) is 15.8 Å². The van der Waals surface area contributed by atoms with Crippen LogP contribution in [0.4, 0.5) is 0 Å². The molecule has 0 amide bonds. The van der Waals surface area contributed by atoms with Gasteiger partial charge in [0.15, 0.2) is 0 Å². The lowest BCUT2D eigenvalue weighted by Gasteiger charge is -2.19. The van der Waals surface area contributed by atoms with Crippen LogP contribution in [0.5, 0.6) is 0 Å². The third kappa shape index (κ3) is 2.30. The van der Waals surface area contributed by atoms with Crippen LogP contribution in [0, 0.1) is 6.92 Å². The molecule has 0 saturated carbocycles. The van der Waals surface area contributed by atoms with Gasteiger partial charge in [0, 0.05) is 30.4 Å². The van der Waals surface area contributed by atoms with Crippen LogP contribution < -0.4 is 5.32 Å². The van der Waals surface area contributed by atoms with Crippen molar-refractivity contribution >= 4 is 0 Å². The second-order valence-corrected chi connectivity index (χ2v) is 5.57. The number of aryl methyl sites for hydroxylation is 1. The van der Waals surface area contributed by atoms with E-state index >= 15 is 0 Å². The van der Waals surface area contributed by atoms with Crippen molar-refractivity contribution in [2.45, 2.75) is 38.8 Å². The zero-order chi connectivity index (χ0) is 13.4. The Morgan fingerprint density at radius 3 is 2.42 bits per heavy atom. The molecule has 100 valence electrons. The summed E-state index contributed by atoms with van der Waals surface area (Å²) in [6.45, 7) is 4.36. The number of nitrogens with zero attached hydrogens (tertiary/aromatic N) is 2. The fraction of sp³-hybridized carbons (Fsp3) is 0.438. The van der Waals surface area contributed by atoms with Crippen molar-refractivity contribution in [2.75, 3.05) is 0 Å². The Bertz CT molecular complexity index is 560. The monoisotopic (exact) mass is 255 g/mol. The molecule has 1 unspecified atom stereocenters. The van der Waals surface area contributed by atoms with E-state index in [9.17, 15) is 0 Å². The largest absolute Gasteiger partial charge is 0.307 e. The van der Waals surface area contributed by atoms with E-state index in [-0.39, 0.29) is 0 Å². The summed E-state index contributed by atoms with van der Waals surface area (Å²) in [4.78, 5) is 0. The van der Waals surface area contributed by atoms with Gasteiger partial charge in [-0.25, -0.2) is 0 Å². The summed E-state index contributed by atoms with van der Waals surface area (Å²) in [6.07, 6.45) is 4.26. The topological polar surface area (TPSA) is 29.9 Å². The molecule has 1 heterocycles. The van der Waals surface area contributed by atoms with Crippen molar-refractivity contribution in [3.63, 3.8) is 0 Å². The lowest BCUT2D eigenvalue weighted by Crippen LogP contribution is -2.32. The highest BCUT2D eigenvalue weighted by Crippen LogP contribution is 2.24. The first kappa shape index (κ1) is 12.4. The molecule has 2 aromatic rings. The van der Waals surface area contributed by atoms with Crippen LogP contribution >= 0.6 is 0 Å². The van der Waals surface area contributed by atoms with E-state index in [0.29, 0.717) is 12.1 Å². The smallest absolute Gasteiger partial charge is 0.0540 e. The minimum atomic E-state index is 0.355. The normalized spacial score (nSPS) is 16.6. The van der Waals surface area contributed by atoms with E-state index in [1.807, 2.05) is 17.9 Å². The summed E-state index contributed by atoms with van der Waals surface area (Å²) in [6, 6.07) is 9.67. The van der Waals surface area contributed by atoms with Gasteiger partial charge in [-0.2, -0.15) is 5.10 Å². The van der Waals surface area contributed by atoms with Crippen LogP contribution in [0.3, 0.4) is 0 Å². The molecule has 3 nitrogen and oxygen atoms in total. The predicted molar refractivity (Wildman–Crippen MR) is 77.1 cm³/mol.